The van der Waals surface area contributed by atoms with Crippen LogP contribution in [-0.2, 0) is 9.53 Å². The molecule has 0 amide bonds. The minimum absolute atomic E-state index is 0.0284. The lowest BCUT2D eigenvalue weighted by Gasteiger charge is -2.21. The van der Waals surface area contributed by atoms with Crippen molar-refractivity contribution in [1.29, 1.82) is 0 Å². The van der Waals surface area contributed by atoms with Gasteiger partial charge < -0.3 is 4.74 Å². The molecule has 0 aromatic rings. The average molecular weight is 166 g/mol. The maximum absolute atomic E-state index is 11.4. The second-order valence-corrected chi connectivity index (χ2v) is 3.86. The predicted octanol–water partition coefficient (Wildman–Crippen LogP) is 1.62. The summed E-state index contributed by atoms with van der Waals surface area (Å²) < 4.78 is 4.78. The molecule has 1 fully saturated rings. The van der Waals surface area contributed by atoms with Gasteiger partial charge in [0.05, 0.1) is 13.0 Å². The van der Waals surface area contributed by atoms with Gasteiger partial charge in [0.1, 0.15) is 0 Å². The molecule has 2 aliphatic rings. The van der Waals surface area contributed by atoms with Crippen molar-refractivity contribution in [2.75, 3.05) is 7.11 Å². The van der Waals surface area contributed by atoms with Crippen molar-refractivity contribution in [3.63, 3.8) is 0 Å². The number of hydrogen-bond acceptors (Lipinski definition) is 2. The molecule has 0 N–H and O–H groups in total. The van der Waals surface area contributed by atoms with E-state index in [1.54, 1.807) is 0 Å². The van der Waals surface area contributed by atoms with Crippen LogP contribution >= 0.6 is 0 Å². The fourth-order valence-electron chi connectivity index (χ4n) is 2.59. The third-order valence-electron chi connectivity index (χ3n) is 3.33. The molecule has 12 heavy (non-hydrogen) atoms. The van der Waals surface area contributed by atoms with Crippen LogP contribution in [0.2, 0.25) is 0 Å². The minimum atomic E-state index is -0.0284. The quantitative estimate of drug-likeness (QED) is 0.437. The Bertz CT molecular complexity index is 232. The molecule has 66 valence electrons. The van der Waals surface area contributed by atoms with Gasteiger partial charge in [-0.05, 0) is 24.2 Å². The summed E-state index contributed by atoms with van der Waals surface area (Å²) in [5.41, 5.74) is 0. The number of rotatable bonds is 1. The smallest absolute Gasteiger partial charge is 0.309 e. The van der Waals surface area contributed by atoms with Crippen LogP contribution in [0.5, 0.6) is 0 Å². The third kappa shape index (κ3) is 0.904. The van der Waals surface area contributed by atoms with E-state index in [4.69, 9.17) is 4.74 Å². The van der Waals surface area contributed by atoms with Crippen LogP contribution in [0.4, 0.5) is 0 Å². The number of carbonyl (C=O) groups excluding carboxylic acids is 1. The van der Waals surface area contributed by atoms with Gasteiger partial charge in [0.25, 0.3) is 0 Å². The Morgan fingerprint density at radius 3 is 2.58 bits per heavy atom. The molecule has 0 saturated heterocycles. The van der Waals surface area contributed by atoms with Gasteiger partial charge in [-0.2, -0.15) is 0 Å². The van der Waals surface area contributed by atoms with Crippen molar-refractivity contribution >= 4 is 5.97 Å². The van der Waals surface area contributed by atoms with E-state index in [2.05, 4.69) is 19.1 Å². The fraction of sp³-hybridized carbons (Fsp3) is 0.700. The monoisotopic (exact) mass is 166 g/mol. The summed E-state index contributed by atoms with van der Waals surface area (Å²) in [6.07, 6.45) is 5.57. The second kappa shape index (κ2) is 2.61. The Morgan fingerprint density at radius 2 is 2.08 bits per heavy atom. The maximum Gasteiger partial charge on any atom is 0.309 e. The normalized spacial score (nSPS) is 43.5. The van der Waals surface area contributed by atoms with Crippen LogP contribution < -0.4 is 0 Å². The molecule has 0 aliphatic heterocycles. The molecule has 1 saturated carbocycles. The number of methoxy groups -OCH3 is 1. The lowest BCUT2D eigenvalue weighted by Crippen LogP contribution is -2.26. The number of fused-ring (bicyclic) bond motifs is 2. The van der Waals surface area contributed by atoms with E-state index in [0.717, 1.165) is 6.42 Å². The number of hydrogen-bond donors (Lipinski definition) is 0. The molecule has 4 atom stereocenters. The second-order valence-electron chi connectivity index (χ2n) is 3.86. The van der Waals surface area contributed by atoms with Gasteiger partial charge in [-0.25, -0.2) is 0 Å². The van der Waals surface area contributed by atoms with Crippen LogP contribution in [0.25, 0.3) is 0 Å². The van der Waals surface area contributed by atoms with Crippen molar-refractivity contribution < 1.29 is 9.53 Å². The van der Waals surface area contributed by atoms with E-state index in [1.807, 2.05) is 0 Å². The first-order valence-corrected chi connectivity index (χ1v) is 4.50. The summed E-state index contributed by atoms with van der Waals surface area (Å²) in [6.45, 7) is 2.15. The van der Waals surface area contributed by atoms with Crippen molar-refractivity contribution in [3.8, 4) is 0 Å². The summed E-state index contributed by atoms with van der Waals surface area (Å²) in [7, 11) is 1.48. The van der Waals surface area contributed by atoms with E-state index in [-0.39, 0.29) is 11.9 Å². The van der Waals surface area contributed by atoms with Gasteiger partial charge in [0, 0.05) is 0 Å². The zero-order chi connectivity index (χ0) is 8.72. The fourth-order valence-corrected chi connectivity index (χ4v) is 2.59. The Hall–Kier alpha value is -0.790. The molecule has 2 aliphatic carbocycles. The third-order valence-corrected chi connectivity index (χ3v) is 3.33. The number of ether oxygens (including phenoxy) is 1. The molecular weight excluding hydrogens is 152 g/mol. The molecule has 2 nitrogen and oxygen atoms in total. The van der Waals surface area contributed by atoms with Gasteiger partial charge in [0.2, 0.25) is 0 Å². The van der Waals surface area contributed by atoms with Gasteiger partial charge >= 0.3 is 5.97 Å². The van der Waals surface area contributed by atoms with Gasteiger partial charge in [-0.3, -0.25) is 4.79 Å². The van der Waals surface area contributed by atoms with Crippen molar-refractivity contribution in [3.05, 3.63) is 12.2 Å². The first kappa shape index (κ1) is 7.84. The summed E-state index contributed by atoms with van der Waals surface area (Å²) in [5.74, 6) is 1.66. The molecule has 0 heterocycles. The van der Waals surface area contributed by atoms with Crippen molar-refractivity contribution in [2.24, 2.45) is 23.7 Å². The van der Waals surface area contributed by atoms with E-state index in [1.165, 1.54) is 7.11 Å². The van der Waals surface area contributed by atoms with Crippen LogP contribution in [0.3, 0.4) is 0 Å². The molecule has 0 aromatic heterocycles. The first-order chi connectivity index (χ1) is 5.74. The van der Waals surface area contributed by atoms with E-state index >= 15 is 0 Å². The molecule has 4 unspecified atom stereocenters. The molecule has 0 spiro atoms. The molecule has 0 aromatic carbocycles. The lowest BCUT2D eigenvalue weighted by molar-refractivity contribution is -0.147. The zero-order valence-corrected chi connectivity index (χ0v) is 7.49. The number of esters is 1. The summed E-state index contributed by atoms with van der Waals surface area (Å²) in [5, 5.41) is 0. The summed E-state index contributed by atoms with van der Waals surface area (Å²) in [6, 6.07) is 0. The minimum Gasteiger partial charge on any atom is -0.469 e. The maximum atomic E-state index is 11.4. The topological polar surface area (TPSA) is 26.3 Å². The Balaban J connectivity index is 2.18. The average Bonchev–Trinajstić information content (AvgIpc) is 2.63. The Kier molecular flexibility index (Phi) is 1.71. The molecule has 2 rings (SSSR count). The largest absolute Gasteiger partial charge is 0.469 e. The Morgan fingerprint density at radius 1 is 1.42 bits per heavy atom. The highest BCUT2D eigenvalue weighted by atomic mass is 16.5. The van der Waals surface area contributed by atoms with E-state index < -0.39 is 0 Å². The van der Waals surface area contributed by atoms with Crippen LogP contribution in [0.1, 0.15) is 13.3 Å². The van der Waals surface area contributed by atoms with Gasteiger partial charge in [-0.15, -0.1) is 0 Å². The molecule has 0 radical (unpaired) electrons. The van der Waals surface area contributed by atoms with Crippen molar-refractivity contribution in [2.45, 2.75) is 13.3 Å². The highest BCUT2D eigenvalue weighted by Crippen LogP contribution is 2.47. The molecular formula is C10H14O2. The van der Waals surface area contributed by atoms with Crippen LogP contribution in [0.15, 0.2) is 12.2 Å². The van der Waals surface area contributed by atoms with Crippen molar-refractivity contribution in [1.82, 2.24) is 0 Å². The summed E-state index contributed by atoms with van der Waals surface area (Å²) >= 11 is 0. The Labute approximate surface area is 72.6 Å². The van der Waals surface area contributed by atoms with Crippen LogP contribution in [-0.4, -0.2) is 13.1 Å². The standard InChI is InChI=1S/C10H14O2/c1-6-7-3-4-8(5-7)9(6)10(11)12-2/h3-4,6-9H,5H2,1-2H3. The number of allylic oxidation sites excluding steroid dienone is 2. The lowest BCUT2D eigenvalue weighted by atomic mass is 9.84. The number of carbonyl (C=O) groups is 1. The van der Waals surface area contributed by atoms with Gasteiger partial charge in [-0.1, -0.05) is 19.1 Å². The molecule has 2 heteroatoms. The SMILES string of the molecule is COC(=O)C1C2C=CC(C2)C1C. The highest BCUT2D eigenvalue weighted by Gasteiger charge is 2.46. The van der Waals surface area contributed by atoms with E-state index in [9.17, 15) is 4.79 Å². The zero-order valence-electron chi connectivity index (χ0n) is 7.49. The van der Waals surface area contributed by atoms with Gasteiger partial charge in [0.15, 0.2) is 0 Å². The molecule has 2 bridgehead atoms. The summed E-state index contributed by atoms with van der Waals surface area (Å²) in [4.78, 5) is 11.4. The predicted molar refractivity (Wildman–Crippen MR) is 45.4 cm³/mol. The first-order valence-electron chi connectivity index (χ1n) is 4.50. The van der Waals surface area contributed by atoms with Crippen LogP contribution in [0, 0.1) is 23.7 Å². The van der Waals surface area contributed by atoms with E-state index in [0.29, 0.717) is 17.8 Å². The highest BCUT2D eigenvalue weighted by molar-refractivity contribution is 5.74.